The monoisotopic (exact) mass is 967 g/mol. The van der Waals surface area contributed by atoms with Crippen molar-refractivity contribution in [3.8, 4) is 11.1 Å². The predicted molar refractivity (Wildman–Crippen MR) is 313 cm³/mol. The van der Waals surface area contributed by atoms with E-state index in [0.29, 0.717) is 0 Å². The van der Waals surface area contributed by atoms with Crippen molar-refractivity contribution in [2.24, 2.45) is 0 Å². The number of hydrogen-bond donors (Lipinski definition) is 1. The van der Waals surface area contributed by atoms with Crippen molar-refractivity contribution in [1.82, 2.24) is 0 Å². The predicted octanol–water partition coefficient (Wildman–Crippen LogP) is 17.5. The molecule has 72 heavy (non-hydrogen) atoms. The molecule has 6 aromatic carbocycles. The lowest BCUT2D eigenvalue weighted by Gasteiger charge is -2.45. The second-order valence-electron chi connectivity index (χ2n) is 28.2. The lowest BCUT2D eigenvalue weighted by atomic mass is 9.35. The van der Waals surface area contributed by atoms with Crippen molar-refractivity contribution in [1.29, 1.82) is 0 Å². The Bertz CT molecular complexity index is 3690. The third-order valence-corrected chi connectivity index (χ3v) is 20.7. The zero-order chi connectivity index (χ0) is 50.8. The smallest absolute Gasteiger partial charge is 0.264 e. The van der Waals surface area contributed by atoms with E-state index < -0.39 is 0 Å². The van der Waals surface area contributed by atoms with Crippen LogP contribution in [0.15, 0.2) is 89.3 Å². The van der Waals surface area contributed by atoms with Crippen LogP contribution in [0.5, 0.6) is 0 Å². The Hall–Kier alpha value is -5.26. The van der Waals surface area contributed by atoms with Crippen LogP contribution >= 0.6 is 11.3 Å². The van der Waals surface area contributed by atoms with Crippen molar-refractivity contribution in [3.63, 3.8) is 0 Å². The van der Waals surface area contributed by atoms with E-state index in [4.69, 9.17) is 4.42 Å². The van der Waals surface area contributed by atoms with Gasteiger partial charge in [0.15, 0.2) is 0 Å². The van der Waals surface area contributed by atoms with Gasteiger partial charge in [0.2, 0.25) is 0 Å². The average Bonchev–Trinajstić information content (AvgIpc) is 3.88. The maximum Gasteiger partial charge on any atom is 0.264 e. The van der Waals surface area contributed by atoms with E-state index in [1.165, 1.54) is 159 Å². The second-order valence-corrected chi connectivity index (χ2v) is 29.3. The van der Waals surface area contributed by atoms with Gasteiger partial charge in [0.1, 0.15) is 11.2 Å². The Morgan fingerprint density at radius 1 is 0.583 bits per heavy atom. The number of nitrogens with one attached hydrogen (secondary N) is 1. The summed E-state index contributed by atoms with van der Waals surface area (Å²) in [5.41, 5.74) is 25.7. The molecule has 0 unspecified atom stereocenters. The number of rotatable bonds is 2. The van der Waals surface area contributed by atoms with E-state index in [9.17, 15) is 0 Å². The molecule has 13 rings (SSSR count). The molecule has 0 bridgehead atoms. The first-order valence-corrected chi connectivity index (χ1v) is 28.1. The highest BCUT2D eigenvalue weighted by Gasteiger charge is 2.48. The molecule has 2 aromatic heterocycles. The molecule has 0 radical (unpaired) electrons. The van der Waals surface area contributed by atoms with Crippen molar-refractivity contribution in [3.05, 3.63) is 129 Å². The summed E-state index contributed by atoms with van der Waals surface area (Å²) >= 11 is 2.07. The largest absolute Gasteiger partial charge is 0.456 e. The van der Waals surface area contributed by atoms with Gasteiger partial charge in [0, 0.05) is 53.9 Å². The minimum atomic E-state index is -0.00171. The zero-order valence-electron chi connectivity index (χ0n) is 46.2. The average molecular weight is 967 g/mol. The molecular formula is C67H75BN2OS. The van der Waals surface area contributed by atoms with E-state index in [2.05, 4.69) is 217 Å². The molecule has 0 saturated carbocycles. The lowest BCUT2D eigenvalue weighted by Crippen LogP contribution is -2.60. The fourth-order valence-corrected chi connectivity index (χ4v) is 15.8. The molecule has 0 amide bonds. The standard InChI is InChI=1S/C67H75BN2OS/c1-37-30-51-57-58(55(37)40-18-17-19-53-56(40)41-31-38(61(2,3)4)20-23-52(41)71-53)69-50-35-47-46(65(11,12)27-28-66(47,13)14)34-49(50)68(57)60-59(42-33-45-48(36-54(42)72-60)67(15,16)29-26-64(45,9)10)70(51)39-21-22-43-44(32-39)63(7,8)25-24-62(43,5)6/h17-23,30-36,69H,24-29H2,1-16H3. The molecule has 3 nitrogen and oxygen atoms in total. The van der Waals surface area contributed by atoms with Crippen LogP contribution in [0.25, 0.3) is 43.2 Å². The van der Waals surface area contributed by atoms with Gasteiger partial charge < -0.3 is 14.6 Å². The van der Waals surface area contributed by atoms with Crippen LogP contribution in [0.2, 0.25) is 0 Å². The van der Waals surface area contributed by atoms with Crippen LogP contribution in [0, 0.1) is 6.92 Å². The summed E-state index contributed by atoms with van der Waals surface area (Å²) in [6.45, 7) is 39.1. The maximum atomic E-state index is 6.78. The molecule has 1 N–H and O–H groups in total. The van der Waals surface area contributed by atoms with Crippen molar-refractivity contribution in [2.45, 2.75) is 187 Å². The van der Waals surface area contributed by atoms with Crippen LogP contribution in [0.4, 0.5) is 28.4 Å². The molecule has 0 atom stereocenters. The third-order valence-electron chi connectivity index (χ3n) is 19.5. The van der Waals surface area contributed by atoms with E-state index in [-0.39, 0.29) is 44.6 Å². The van der Waals surface area contributed by atoms with Crippen molar-refractivity contribution in [2.75, 3.05) is 10.2 Å². The van der Waals surface area contributed by atoms with Crippen LogP contribution in [0.3, 0.4) is 0 Å². The number of thiophene rings is 1. The molecule has 4 heterocycles. The highest BCUT2D eigenvalue weighted by molar-refractivity contribution is 7.33. The van der Waals surface area contributed by atoms with E-state index in [0.717, 1.165) is 11.2 Å². The third kappa shape index (κ3) is 6.46. The summed E-state index contributed by atoms with van der Waals surface area (Å²) in [5.74, 6) is 0. The van der Waals surface area contributed by atoms with E-state index in [1.54, 1.807) is 0 Å². The molecule has 8 aromatic rings. The summed E-state index contributed by atoms with van der Waals surface area (Å²) in [6.07, 6.45) is 7.11. The first-order valence-electron chi connectivity index (χ1n) is 27.3. The van der Waals surface area contributed by atoms with Crippen LogP contribution in [-0.2, 0) is 37.9 Å². The van der Waals surface area contributed by atoms with Crippen LogP contribution in [-0.4, -0.2) is 6.71 Å². The number of hydrogen-bond acceptors (Lipinski definition) is 4. The highest BCUT2D eigenvalue weighted by atomic mass is 32.1. The van der Waals surface area contributed by atoms with Crippen LogP contribution in [0.1, 0.15) is 187 Å². The summed E-state index contributed by atoms with van der Waals surface area (Å²) in [4.78, 5) is 2.74. The quantitative estimate of drug-likeness (QED) is 0.175. The summed E-state index contributed by atoms with van der Waals surface area (Å²) in [5, 5.41) is 8.15. The Morgan fingerprint density at radius 2 is 1.17 bits per heavy atom. The Morgan fingerprint density at radius 3 is 1.81 bits per heavy atom. The molecule has 2 aliphatic heterocycles. The summed E-state index contributed by atoms with van der Waals surface area (Å²) < 4.78 is 9.65. The Labute approximate surface area is 434 Å². The maximum absolute atomic E-state index is 6.78. The molecule has 5 heteroatoms. The van der Waals surface area contributed by atoms with Gasteiger partial charge in [-0.1, -0.05) is 134 Å². The summed E-state index contributed by atoms with van der Waals surface area (Å²) in [7, 11) is 0. The first-order chi connectivity index (χ1) is 33.7. The number of anilines is 5. The van der Waals surface area contributed by atoms with Gasteiger partial charge in [-0.05, 0) is 199 Å². The highest BCUT2D eigenvalue weighted by Crippen LogP contribution is 2.56. The normalized spacial score (nSPS) is 20.3. The molecular weight excluding hydrogens is 892 g/mol. The van der Waals surface area contributed by atoms with Gasteiger partial charge in [-0.15, -0.1) is 11.3 Å². The van der Waals surface area contributed by atoms with Gasteiger partial charge in [-0.25, -0.2) is 0 Å². The fraction of sp³-hybridized carbons (Fsp3) is 0.433. The lowest BCUT2D eigenvalue weighted by molar-refractivity contribution is 0.332. The van der Waals surface area contributed by atoms with Crippen LogP contribution < -0.4 is 25.9 Å². The minimum Gasteiger partial charge on any atom is -0.456 e. The van der Waals surface area contributed by atoms with Gasteiger partial charge in [0.05, 0.1) is 5.69 Å². The van der Waals surface area contributed by atoms with Crippen molar-refractivity contribution >= 4 is 94.2 Å². The number of benzene rings is 6. The molecule has 0 fully saturated rings. The number of aryl methyl sites for hydroxylation is 1. The van der Waals surface area contributed by atoms with Gasteiger partial charge in [-0.3, -0.25) is 0 Å². The molecule has 368 valence electrons. The molecule has 5 aliphatic rings. The van der Waals surface area contributed by atoms with Gasteiger partial charge in [-0.2, -0.15) is 0 Å². The zero-order valence-corrected chi connectivity index (χ0v) is 47.0. The SMILES string of the molecule is Cc1cc2c3c(c1-c1cccc4oc5ccc(C(C)(C)C)cc5c14)Nc1cc4c(cc1B3c1sc3cc5c(cc3c1N2c1ccc2c(c1)C(C)(C)CCC2(C)C)C(C)(C)CCC5(C)C)C(C)(C)CCC4(C)C. The van der Waals surface area contributed by atoms with E-state index >= 15 is 0 Å². The second kappa shape index (κ2) is 14.5. The fourth-order valence-electron chi connectivity index (χ4n) is 14.5. The molecule has 3 aliphatic carbocycles. The van der Waals surface area contributed by atoms with Gasteiger partial charge >= 0.3 is 0 Å². The van der Waals surface area contributed by atoms with Crippen molar-refractivity contribution < 1.29 is 4.42 Å². The van der Waals surface area contributed by atoms with E-state index in [1.807, 2.05) is 0 Å². The molecule has 0 spiro atoms. The molecule has 0 saturated heterocycles. The summed E-state index contributed by atoms with van der Waals surface area (Å²) in [6, 6.07) is 34.4. The van der Waals surface area contributed by atoms with Gasteiger partial charge in [0.25, 0.3) is 6.71 Å². The Kier molecular flexibility index (Phi) is 9.39. The number of nitrogens with zero attached hydrogens (tertiary/aromatic N) is 1. The topological polar surface area (TPSA) is 28.4 Å². The minimum absolute atomic E-state index is 0.00171. The Balaban J connectivity index is 1.18. The number of fused-ring (bicyclic) bond motifs is 12. The first kappa shape index (κ1) is 46.5. The number of furan rings is 1.